The van der Waals surface area contributed by atoms with Gasteiger partial charge in [-0.3, -0.25) is 24.1 Å². The Morgan fingerprint density at radius 3 is 2.17 bits per heavy atom. The third-order valence-electron chi connectivity index (χ3n) is 5.33. The van der Waals surface area contributed by atoms with Crippen molar-refractivity contribution in [3.63, 3.8) is 0 Å². The van der Waals surface area contributed by atoms with Crippen LogP contribution in [0.5, 0.6) is 0 Å². The fourth-order valence-electron chi connectivity index (χ4n) is 3.65. The standard InChI is InChI=1S/C23H26N2O5/c1-3-16(4-2)24-19(26)14-30-20(27)12-7-13-25-22(28)17-10-5-8-15-9-6-11-18(21(15)17)23(25)29/h5-6,8-11,16H,3-4,7,12-14H2,1-2H3,(H,24,26). The summed E-state index contributed by atoms with van der Waals surface area (Å²) in [6.07, 6.45) is 1.90. The molecular formula is C23H26N2O5. The highest BCUT2D eigenvalue weighted by Crippen LogP contribution is 2.30. The van der Waals surface area contributed by atoms with E-state index >= 15 is 0 Å². The molecule has 0 aliphatic carbocycles. The van der Waals surface area contributed by atoms with Gasteiger partial charge in [-0.15, -0.1) is 0 Å². The second-order valence-electron chi connectivity index (χ2n) is 7.32. The summed E-state index contributed by atoms with van der Waals surface area (Å²) < 4.78 is 5.00. The molecule has 158 valence electrons. The number of imide groups is 1. The van der Waals surface area contributed by atoms with Gasteiger partial charge >= 0.3 is 5.97 Å². The van der Waals surface area contributed by atoms with Crippen LogP contribution in [-0.2, 0) is 14.3 Å². The van der Waals surface area contributed by atoms with Crippen molar-refractivity contribution in [3.8, 4) is 0 Å². The first kappa shape index (κ1) is 21.5. The lowest BCUT2D eigenvalue weighted by Gasteiger charge is -2.27. The van der Waals surface area contributed by atoms with Crippen molar-refractivity contribution in [2.45, 2.75) is 45.6 Å². The number of ether oxygens (including phenoxy) is 1. The minimum absolute atomic E-state index is 0.0151. The van der Waals surface area contributed by atoms with Gasteiger partial charge in [0.1, 0.15) is 0 Å². The molecule has 0 bridgehead atoms. The first-order chi connectivity index (χ1) is 14.5. The molecule has 0 fully saturated rings. The molecule has 0 saturated carbocycles. The molecule has 2 aromatic rings. The molecule has 0 atom stereocenters. The quantitative estimate of drug-likeness (QED) is 0.507. The summed E-state index contributed by atoms with van der Waals surface area (Å²) in [6, 6.07) is 10.8. The number of carbonyl (C=O) groups excluding carboxylic acids is 4. The monoisotopic (exact) mass is 410 g/mol. The molecule has 1 aliphatic rings. The molecule has 3 amide bonds. The molecule has 1 heterocycles. The van der Waals surface area contributed by atoms with Crippen LogP contribution in [0.3, 0.4) is 0 Å². The molecule has 30 heavy (non-hydrogen) atoms. The molecule has 1 aliphatic heterocycles. The Morgan fingerprint density at radius 2 is 1.60 bits per heavy atom. The Morgan fingerprint density at radius 1 is 1.00 bits per heavy atom. The van der Waals surface area contributed by atoms with E-state index in [2.05, 4.69) is 5.32 Å². The van der Waals surface area contributed by atoms with E-state index < -0.39 is 5.97 Å². The summed E-state index contributed by atoms with van der Waals surface area (Å²) in [5.74, 6) is -1.58. The van der Waals surface area contributed by atoms with Gasteiger partial charge in [0.2, 0.25) is 0 Å². The van der Waals surface area contributed by atoms with Gasteiger partial charge in [0.05, 0.1) is 0 Å². The molecule has 7 nitrogen and oxygen atoms in total. The van der Waals surface area contributed by atoms with Crippen LogP contribution in [0.4, 0.5) is 0 Å². The topological polar surface area (TPSA) is 92.8 Å². The van der Waals surface area contributed by atoms with Crippen LogP contribution in [0.25, 0.3) is 10.8 Å². The van der Waals surface area contributed by atoms with Crippen molar-refractivity contribution in [1.29, 1.82) is 0 Å². The molecule has 2 aromatic carbocycles. The number of amides is 3. The van der Waals surface area contributed by atoms with Gasteiger partial charge in [-0.25, -0.2) is 0 Å². The molecule has 0 unspecified atom stereocenters. The zero-order valence-electron chi connectivity index (χ0n) is 17.3. The highest BCUT2D eigenvalue weighted by atomic mass is 16.5. The summed E-state index contributed by atoms with van der Waals surface area (Å²) in [7, 11) is 0. The van der Waals surface area contributed by atoms with Gasteiger partial charge in [0.15, 0.2) is 6.61 Å². The van der Waals surface area contributed by atoms with Crippen molar-refractivity contribution in [2.24, 2.45) is 0 Å². The fourth-order valence-corrected chi connectivity index (χ4v) is 3.65. The van der Waals surface area contributed by atoms with Gasteiger partial charge in [-0.2, -0.15) is 0 Å². The van der Waals surface area contributed by atoms with E-state index in [-0.39, 0.29) is 49.8 Å². The van der Waals surface area contributed by atoms with Crippen molar-refractivity contribution < 1.29 is 23.9 Å². The minimum atomic E-state index is -0.533. The van der Waals surface area contributed by atoms with E-state index in [0.29, 0.717) is 16.5 Å². The average molecular weight is 410 g/mol. The second-order valence-corrected chi connectivity index (χ2v) is 7.32. The van der Waals surface area contributed by atoms with Crippen molar-refractivity contribution >= 4 is 34.5 Å². The summed E-state index contributed by atoms with van der Waals surface area (Å²) in [4.78, 5) is 50.5. The van der Waals surface area contributed by atoms with Crippen LogP contribution in [0.1, 0.15) is 60.2 Å². The van der Waals surface area contributed by atoms with Crippen LogP contribution in [0, 0.1) is 0 Å². The van der Waals surface area contributed by atoms with E-state index in [9.17, 15) is 19.2 Å². The Bertz CT molecular complexity index is 930. The lowest BCUT2D eigenvalue weighted by Crippen LogP contribution is -2.41. The molecule has 0 radical (unpaired) electrons. The average Bonchev–Trinajstić information content (AvgIpc) is 2.76. The molecule has 3 rings (SSSR count). The fraction of sp³-hybridized carbons (Fsp3) is 0.391. The molecule has 7 heteroatoms. The Kier molecular flexibility index (Phi) is 6.82. The maximum absolute atomic E-state index is 12.8. The second kappa shape index (κ2) is 9.52. The van der Waals surface area contributed by atoms with Crippen LogP contribution in [-0.4, -0.2) is 47.8 Å². The smallest absolute Gasteiger partial charge is 0.306 e. The predicted octanol–water partition coefficient (Wildman–Crippen LogP) is 3.06. The number of rotatable bonds is 9. The van der Waals surface area contributed by atoms with Crippen molar-refractivity contribution in [2.75, 3.05) is 13.2 Å². The van der Waals surface area contributed by atoms with Crippen LogP contribution < -0.4 is 5.32 Å². The van der Waals surface area contributed by atoms with Gasteiger partial charge in [-0.05, 0) is 36.8 Å². The largest absolute Gasteiger partial charge is 0.456 e. The zero-order chi connectivity index (χ0) is 21.7. The molecule has 1 N–H and O–H groups in total. The third kappa shape index (κ3) is 4.50. The highest BCUT2D eigenvalue weighted by Gasteiger charge is 2.32. The van der Waals surface area contributed by atoms with Crippen molar-refractivity contribution in [3.05, 3.63) is 47.5 Å². The number of nitrogens with one attached hydrogen (secondary N) is 1. The van der Waals surface area contributed by atoms with E-state index in [4.69, 9.17) is 4.74 Å². The van der Waals surface area contributed by atoms with Gasteiger partial charge in [-0.1, -0.05) is 38.1 Å². The predicted molar refractivity (Wildman–Crippen MR) is 112 cm³/mol. The first-order valence-corrected chi connectivity index (χ1v) is 10.3. The van der Waals surface area contributed by atoms with E-state index in [1.165, 1.54) is 4.90 Å². The Labute approximate surface area is 175 Å². The van der Waals surface area contributed by atoms with Gasteiger partial charge < -0.3 is 10.1 Å². The van der Waals surface area contributed by atoms with Crippen LogP contribution in [0.15, 0.2) is 36.4 Å². The summed E-state index contributed by atoms with van der Waals surface area (Å²) in [5.41, 5.74) is 0.978. The lowest BCUT2D eigenvalue weighted by molar-refractivity contribution is -0.148. The molecule has 0 saturated heterocycles. The van der Waals surface area contributed by atoms with Gasteiger partial charge in [0, 0.05) is 35.5 Å². The van der Waals surface area contributed by atoms with E-state index in [1.54, 1.807) is 24.3 Å². The lowest BCUT2D eigenvalue weighted by atomic mass is 9.94. The number of benzene rings is 2. The number of carbonyl (C=O) groups is 4. The zero-order valence-corrected chi connectivity index (χ0v) is 17.3. The summed E-state index contributed by atoms with van der Waals surface area (Å²) in [5, 5.41) is 4.32. The summed E-state index contributed by atoms with van der Waals surface area (Å²) in [6.45, 7) is 3.73. The molecule has 0 spiro atoms. The van der Waals surface area contributed by atoms with E-state index in [0.717, 1.165) is 18.2 Å². The number of hydrogen-bond donors (Lipinski definition) is 1. The van der Waals surface area contributed by atoms with E-state index in [1.807, 2.05) is 26.0 Å². The number of nitrogens with zero attached hydrogens (tertiary/aromatic N) is 1. The van der Waals surface area contributed by atoms with Crippen LogP contribution >= 0.6 is 0 Å². The van der Waals surface area contributed by atoms with Crippen LogP contribution in [0.2, 0.25) is 0 Å². The SMILES string of the molecule is CCC(CC)NC(=O)COC(=O)CCCN1C(=O)c2cccc3cccc(c23)C1=O. The maximum Gasteiger partial charge on any atom is 0.306 e. The third-order valence-corrected chi connectivity index (χ3v) is 5.33. The highest BCUT2D eigenvalue weighted by molar-refractivity contribution is 6.25. The minimum Gasteiger partial charge on any atom is -0.456 e. The molecular weight excluding hydrogens is 384 g/mol. The van der Waals surface area contributed by atoms with Crippen molar-refractivity contribution in [1.82, 2.24) is 10.2 Å². The maximum atomic E-state index is 12.8. The van der Waals surface area contributed by atoms with Gasteiger partial charge in [0.25, 0.3) is 17.7 Å². The summed E-state index contributed by atoms with van der Waals surface area (Å²) >= 11 is 0. The number of hydrogen-bond acceptors (Lipinski definition) is 5. The normalized spacial score (nSPS) is 13.1. The first-order valence-electron chi connectivity index (χ1n) is 10.3. The Hall–Kier alpha value is -3.22. The molecule has 0 aromatic heterocycles. The number of esters is 1. The Balaban J connectivity index is 1.53.